The van der Waals surface area contributed by atoms with Crippen LogP contribution in [0.3, 0.4) is 0 Å². The van der Waals surface area contributed by atoms with Crippen LogP contribution in [0.2, 0.25) is 0 Å². The van der Waals surface area contributed by atoms with Gasteiger partial charge in [0.15, 0.2) is 0 Å². The van der Waals surface area contributed by atoms with E-state index in [0.29, 0.717) is 17.8 Å². The Morgan fingerprint density at radius 2 is 1.90 bits per heavy atom. The molecule has 0 aromatic carbocycles. The van der Waals surface area contributed by atoms with Crippen molar-refractivity contribution in [3.63, 3.8) is 0 Å². The first-order valence-corrected chi connectivity index (χ1v) is 6.76. The number of anilines is 2. The molecule has 0 aliphatic carbocycles. The summed E-state index contributed by atoms with van der Waals surface area (Å²) in [6.45, 7) is 5.02. The van der Waals surface area contributed by atoms with Crippen molar-refractivity contribution in [1.29, 1.82) is 0 Å². The zero-order valence-corrected chi connectivity index (χ0v) is 13.1. The van der Waals surface area contributed by atoms with Crippen molar-refractivity contribution in [3.8, 4) is 5.95 Å². The highest BCUT2D eigenvalue weighted by Gasteiger charge is 2.20. The molecule has 0 amide bonds. The summed E-state index contributed by atoms with van der Waals surface area (Å²) in [5, 5.41) is 6.21. The summed E-state index contributed by atoms with van der Waals surface area (Å²) in [6.07, 6.45) is 5.13. The summed E-state index contributed by atoms with van der Waals surface area (Å²) < 4.78 is 1.74. The van der Waals surface area contributed by atoms with Gasteiger partial charge in [0.2, 0.25) is 17.8 Å². The predicted molar refractivity (Wildman–Crippen MR) is 82.8 cm³/mol. The number of likely N-dealkylation sites (N-methyl/N-ethyl adjacent to an activating group) is 1. The maximum atomic E-state index is 4.42. The van der Waals surface area contributed by atoms with Crippen LogP contribution in [-0.2, 0) is 0 Å². The molecule has 21 heavy (non-hydrogen) atoms. The molecule has 0 aliphatic heterocycles. The van der Waals surface area contributed by atoms with Crippen molar-refractivity contribution in [2.45, 2.75) is 19.4 Å². The molecule has 0 atom stereocenters. The van der Waals surface area contributed by atoms with Gasteiger partial charge in [-0.25, -0.2) is 4.98 Å². The molecule has 2 rings (SSSR count). The lowest BCUT2D eigenvalue weighted by Gasteiger charge is -2.32. The van der Waals surface area contributed by atoms with Gasteiger partial charge in [-0.05, 0) is 27.9 Å². The second-order valence-corrected chi connectivity index (χ2v) is 5.56. The normalized spacial score (nSPS) is 11.7. The fourth-order valence-corrected chi connectivity index (χ4v) is 1.50. The van der Waals surface area contributed by atoms with E-state index in [0.717, 1.165) is 6.54 Å². The first-order valence-electron chi connectivity index (χ1n) is 6.76. The van der Waals surface area contributed by atoms with Crippen LogP contribution in [0.25, 0.3) is 5.95 Å². The minimum absolute atomic E-state index is 0.0123. The molecule has 2 N–H and O–H groups in total. The van der Waals surface area contributed by atoms with E-state index < -0.39 is 0 Å². The third kappa shape index (κ3) is 3.66. The summed E-state index contributed by atoms with van der Waals surface area (Å²) in [5.41, 5.74) is -0.0123. The maximum absolute atomic E-state index is 4.42. The molecule has 8 heteroatoms. The van der Waals surface area contributed by atoms with Gasteiger partial charge in [-0.2, -0.15) is 15.0 Å². The Labute approximate surface area is 124 Å². The first-order chi connectivity index (χ1) is 9.92. The number of hydrogen-bond donors (Lipinski definition) is 2. The summed E-state index contributed by atoms with van der Waals surface area (Å²) in [7, 11) is 5.87. The number of imidazole rings is 1. The van der Waals surface area contributed by atoms with Gasteiger partial charge >= 0.3 is 0 Å². The molecule has 0 saturated carbocycles. The monoisotopic (exact) mass is 290 g/mol. The standard InChI is InChI=1S/C13H22N8/c1-13(2,20(4)5)8-16-11-17-10(14-3)18-12(19-11)21-7-6-15-9-21/h6-7,9H,8H2,1-5H3,(H2,14,16,17,18,19). The molecule has 0 aliphatic rings. The SMILES string of the molecule is CNc1nc(NCC(C)(C)N(C)C)nc(-n2ccnc2)n1. The van der Waals surface area contributed by atoms with Gasteiger partial charge in [0.25, 0.3) is 0 Å². The molecule has 0 saturated heterocycles. The van der Waals surface area contributed by atoms with Crippen molar-refractivity contribution in [1.82, 2.24) is 29.4 Å². The second-order valence-electron chi connectivity index (χ2n) is 5.56. The van der Waals surface area contributed by atoms with Crippen LogP contribution in [0.1, 0.15) is 13.8 Å². The van der Waals surface area contributed by atoms with Crippen molar-refractivity contribution in [2.24, 2.45) is 0 Å². The molecule has 0 radical (unpaired) electrons. The van der Waals surface area contributed by atoms with Crippen LogP contribution < -0.4 is 10.6 Å². The van der Waals surface area contributed by atoms with Crippen molar-refractivity contribution in [2.75, 3.05) is 38.3 Å². The summed E-state index contributed by atoms with van der Waals surface area (Å²) >= 11 is 0. The number of rotatable bonds is 6. The highest BCUT2D eigenvalue weighted by Crippen LogP contribution is 2.13. The average molecular weight is 290 g/mol. The van der Waals surface area contributed by atoms with E-state index in [-0.39, 0.29) is 5.54 Å². The van der Waals surface area contributed by atoms with Gasteiger partial charge < -0.3 is 15.5 Å². The Balaban J connectivity index is 2.22. The number of hydrogen-bond acceptors (Lipinski definition) is 7. The summed E-state index contributed by atoms with van der Waals surface area (Å²) in [6, 6.07) is 0. The first kappa shape index (κ1) is 15.2. The summed E-state index contributed by atoms with van der Waals surface area (Å²) in [5.74, 6) is 1.57. The van der Waals surface area contributed by atoms with Crippen LogP contribution in [0, 0.1) is 0 Å². The van der Waals surface area contributed by atoms with Crippen LogP contribution in [-0.4, -0.2) is 62.6 Å². The molecule has 2 aromatic heterocycles. The fraction of sp³-hybridized carbons (Fsp3) is 0.538. The maximum Gasteiger partial charge on any atom is 0.241 e. The molecule has 0 bridgehead atoms. The lowest BCUT2D eigenvalue weighted by atomic mass is 10.1. The average Bonchev–Trinajstić information content (AvgIpc) is 2.99. The zero-order valence-electron chi connectivity index (χ0n) is 13.1. The van der Waals surface area contributed by atoms with Gasteiger partial charge in [0, 0.05) is 31.5 Å². The predicted octanol–water partition coefficient (Wildman–Crippen LogP) is 0.851. The molecule has 8 nitrogen and oxygen atoms in total. The largest absolute Gasteiger partial charge is 0.357 e. The lowest BCUT2D eigenvalue weighted by Crippen LogP contribution is -2.44. The molecule has 2 heterocycles. The van der Waals surface area contributed by atoms with Gasteiger partial charge in [-0.1, -0.05) is 0 Å². The van der Waals surface area contributed by atoms with Crippen molar-refractivity contribution >= 4 is 11.9 Å². The van der Waals surface area contributed by atoms with Gasteiger partial charge in [0.05, 0.1) is 0 Å². The van der Waals surface area contributed by atoms with Crippen LogP contribution >= 0.6 is 0 Å². The van der Waals surface area contributed by atoms with E-state index in [9.17, 15) is 0 Å². The Kier molecular flexibility index (Phi) is 4.37. The Bertz CT molecular complexity index is 576. The van der Waals surface area contributed by atoms with E-state index in [4.69, 9.17) is 0 Å². The molecule has 0 spiro atoms. The Hall–Kier alpha value is -2.22. The van der Waals surface area contributed by atoms with Crippen molar-refractivity contribution < 1.29 is 0 Å². The van der Waals surface area contributed by atoms with Gasteiger partial charge in [0.1, 0.15) is 6.33 Å². The summed E-state index contributed by atoms with van der Waals surface area (Å²) in [4.78, 5) is 19.2. The van der Waals surface area contributed by atoms with E-state index in [1.165, 1.54) is 0 Å². The number of nitrogens with one attached hydrogen (secondary N) is 2. The Morgan fingerprint density at radius 1 is 1.19 bits per heavy atom. The van der Waals surface area contributed by atoms with Gasteiger partial charge in [-0.3, -0.25) is 4.57 Å². The minimum atomic E-state index is -0.0123. The van der Waals surface area contributed by atoms with Crippen LogP contribution in [0.15, 0.2) is 18.7 Å². The molecule has 114 valence electrons. The van der Waals surface area contributed by atoms with E-state index in [1.807, 2.05) is 14.1 Å². The van der Waals surface area contributed by atoms with E-state index in [2.05, 4.69) is 49.3 Å². The molecule has 0 fully saturated rings. The topological polar surface area (TPSA) is 83.8 Å². The van der Waals surface area contributed by atoms with Crippen molar-refractivity contribution in [3.05, 3.63) is 18.7 Å². The molecule has 2 aromatic rings. The van der Waals surface area contributed by atoms with Crippen LogP contribution in [0.5, 0.6) is 0 Å². The second kappa shape index (κ2) is 6.04. The lowest BCUT2D eigenvalue weighted by molar-refractivity contribution is 0.209. The molecular weight excluding hydrogens is 268 g/mol. The van der Waals surface area contributed by atoms with Crippen LogP contribution in [0.4, 0.5) is 11.9 Å². The smallest absolute Gasteiger partial charge is 0.241 e. The highest BCUT2D eigenvalue weighted by molar-refractivity contribution is 5.37. The highest BCUT2D eigenvalue weighted by atomic mass is 15.3. The molecular formula is C13H22N8. The zero-order chi connectivity index (χ0) is 15.5. The van der Waals surface area contributed by atoms with Gasteiger partial charge in [-0.15, -0.1) is 0 Å². The number of nitrogens with zero attached hydrogens (tertiary/aromatic N) is 6. The third-order valence-electron chi connectivity index (χ3n) is 3.47. The van der Waals surface area contributed by atoms with E-state index >= 15 is 0 Å². The number of aromatic nitrogens is 5. The Morgan fingerprint density at radius 3 is 2.48 bits per heavy atom. The molecule has 0 unspecified atom stereocenters. The minimum Gasteiger partial charge on any atom is -0.357 e. The fourth-order valence-electron chi connectivity index (χ4n) is 1.50. The third-order valence-corrected chi connectivity index (χ3v) is 3.47. The van der Waals surface area contributed by atoms with E-state index in [1.54, 1.807) is 30.3 Å². The quantitative estimate of drug-likeness (QED) is 0.816.